The lowest BCUT2D eigenvalue weighted by Gasteiger charge is -2.02. The smallest absolute Gasteiger partial charge is 0.221 e. The van der Waals surface area contributed by atoms with Gasteiger partial charge in [0.2, 0.25) is 5.91 Å². The van der Waals surface area contributed by atoms with Crippen molar-refractivity contribution in [3.8, 4) is 0 Å². The lowest BCUT2D eigenvalue weighted by atomic mass is 10.2. The molecule has 4 heteroatoms. The monoisotopic (exact) mass is 164 g/mol. The number of hydrogen-bond donors (Lipinski definition) is 1. The minimum absolute atomic E-state index is 0.204. The van der Waals surface area contributed by atoms with E-state index in [0.29, 0.717) is 17.5 Å². The molecule has 4 nitrogen and oxygen atoms in total. The quantitative estimate of drug-likeness (QED) is 0.659. The van der Waals surface area contributed by atoms with Gasteiger partial charge in [-0.1, -0.05) is 0 Å². The number of rotatable bonds is 2. The Bertz CT molecular complexity index is 310. The van der Waals surface area contributed by atoms with Crippen molar-refractivity contribution >= 4 is 17.9 Å². The SMILES string of the molecule is CC(=O)Nc1ccncc1C=O. The Morgan fingerprint density at radius 1 is 1.67 bits per heavy atom. The largest absolute Gasteiger partial charge is 0.326 e. The molecule has 1 aromatic rings. The molecule has 0 aliphatic carbocycles. The number of aldehydes is 1. The van der Waals surface area contributed by atoms with Crippen LogP contribution < -0.4 is 5.32 Å². The molecule has 0 aliphatic heterocycles. The first-order chi connectivity index (χ1) is 5.74. The molecule has 1 aromatic heterocycles. The third-order valence-electron chi connectivity index (χ3n) is 1.29. The van der Waals surface area contributed by atoms with E-state index in [9.17, 15) is 9.59 Å². The van der Waals surface area contributed by atoms with Gasteiger partial charge in [-0.2, -0.15) is 0 Å². The fraction of sp³-hybridized carbons (Fsp3) is 0.125. The van der Waals surface area contributed by atoms with Crippen molar-refractivity contribution < 1.29 is 9.59 Å². The highest BCUT2D eigenvalue weighted by atomic mass is 16.1. The van der Waals surface area contributed by atoms with Crippen LogP contribution in [-0.4, -0.2) is 17.2 Å². The van der Waals surface area contributed by atoms with Crippen molar-refractivity contribution in [3.05, 3.63) is 24.0 Å². The number of nitrogens with one attached hydrogen (secondary N) is 1. The van der Waals surface area contributed by atoms with Gasteiger partial charge in [-0.3, -0.25) is 14.6 Å². The molecule has 0 aromatic carbocycles. The Morgan fingerprint density at radius 3 is 3.00 bits per heavy atom. The Morgan fingerprint density at radius 2 is 2.42 bits per heavy atom. The van der Waals surface area contributed by atoms with Crippen molar-refractivity contribution in [1.82, 2.24) is 4.98 Å². The third kappa shape index (κ3) is 1.88. The molecule has 1 rings (SSSR count). The molecule has 1 heterocycles. The maximum absolute atomic E-state index is 10.6. The topological polar surface area (TPSA) is 59.1 Å². The first kappa shape index (κ1) is 8.39. The average molecular weight is 164 g/mol. The van der Waals surface area contributed by atoms with Crippen molar-refractivity contribution in [3.63, 3.8) is 0 Å². The van der Waals surface area contributed by atoms with Crippen LogP contribution in [0.2, 0.25) is 0 Å². The van der Waals surface area contributed by atoms with Gasteiger partial charge in [0.15, 0.2) is 6.29 Å². The van der Waals surface area contributed by atoms with E-state index in [1.165, 1.54) is 19.3 Å². The van der Waals surface area contributed by atoms with Crippen molar-refractivity contribution in [1.29, 1.82) is 0 Å². The first-order valence-corrected chi connectivity index (χ1v) is 3.41. The second-order valence-electron chi connectivity index (χ2n) is 2.26. The zero-order valence-electron chi connectivity index (χ0n) is 6.57. The van der Waals surface area contributed by atoms with Crippen molar-refractivity contribution in [2.45, 2.75) is 6.92 Å². The van der Waals surface area contributed by atoms with E-state index in [0.717, 1.165) is 0 Å². The zero-order valence-corrected chi connectivity index (χ0v) is 6.57. The van der Waals surface area contributed by atoms with Gasteiger partial charge >= 0.3 is 0 Å². The number of aromatic nitrogens is 1. The van der Waals surface area contributed by atoms with Gasteiger partial charge in [-0.25, -0.2) is 0 Å². The maximum atomic E-state index is 10.6. The molecule has 0 atom stereocenters. The van der Waals surface area contributed by atoms with E-state index in [-0.39, 0.29) is 5.91 Å². The van der Waals surface area contributed by atoms with Gasteiger partial charge in [0.05, 0.1) is 11.3 Å². The molecule has 0 saturated carbocycles. The second kappa shape index (κ2) is 3.61. The summed E-state index contributed by atoms with van der Waals surface area (Å²) in [6.45, 7) is 1.38. The summed E-state index contributed by atoms with van der Waals surface area (Å²) in [6.07, 6.45) is 3.56. The van der Waals surface area contributed by atoms with Gasteiger partial charge < -0.3 is 5.32 Å². The molecule has 0 aliphatic rings. The fourth-order valence-electron chi connectivity index (χ4n) is 0.804. The van der Waals surface area contributed by atoms with Crippen molar-refractivity contribution in [2.75, 3.05) is 5.32 Å². The lowest BCUT2D eigenvalue weighted by Crippen LogP contribution is -2.07. The standard InChI is InChI=1S/C8H8N2O2/c1-6(12)10-8-2-3-9-4-7(8)5-11/h2-5H,1H3,(H,9,10,12). The van der Waals surface area contributed by atoms with Gasteiger partial charge in [0, 0.05) is 19.3 Å². The minimum atomic E-state index is -0.204. The summed E-state index contributed by atoms with van der Waals surface area (Å²) in [7, 11) is 0. The Hall–Kier alpha value is -1.71. The molecule has 1 amide bonds. The van der Waals surface area contributed by atoms with Crippen LogP contribution in [0.3, 0.4) is 0 Å². The molecule has 0 bridgehead atoms. The lowest BCUT2D eigenvalue weighted by molar-refractivity contribution is -0.114. The Kier molecular flexibility index (Phi) is 2.53. The van der Waals surface area contributed by atoms with E-state index in [1.807, 2.05) is 0 Å². The number of amides is 1. The Labute approximate surface area is 69.6 Å². The summed E-state index contributed by atoms with van der Waals surface area (Å²) < 4.78 is 0. The van der Waals surface area contributed by atoms with Gasteiger partial charge in [-0.05, 0) is 6.07 Å². The summed E-state index contributed by atoms with van der Waals surface area (Å²) in [5.41, 5.74) is 0.875. The highest BCUT2D eigenvalue weighted by Crippen LogP contribution is 2.09. The van der Waals surface area contributed by atoms with E-state index in [1.54, 1.807) is 6.07 Å². The van der Waals surface area contributed by atoms with Crippen LogP contribution >= 0.6 is 0 Å². The van der Waals surface area contributed by atoms with Gasteiger partial charge in [0.1, 0.15) is 0 Å². The maximum Gasteiger partial charge on any atom is 0.221 e. The molecular weight excluding hydrogens is 156 g/mol. The summed E-state index contributed by atoms with van der Waals surface area (Å²) >= 11 is 0. The van der Waals surface area contributed by atoms with Crippen LogP contribution in [0.4, 0.5) is 5.69 Å². The van der Waals surface area contributed by atoms with Crippen LogP contribution in [0, 0.1) is 0 Å². The number of carbonyl (C=O) groups is 2. The molecular formula is C8H8N2O2. The summed E-state index contributed by atoms with van der Waals surface area (Å²) in [6, 6.07) is 1.57. The van der Waals surface area contributed by atoms with Crippen LogP contribution in [0.1, 0.15) is 17.3 Å². The van der Waals surface area contributed by atoms with E-state index in [2.05, 4.69) is 10.3 Å². The molecule has 0 fully saturated rings. The van der Waals surface area contributed by atoms with Gasteiger partial charge in [-0.15, -0.1) is 0 Å². The molecule has 0 unspecified atom stereocenters. The molecule has 0 saturated heterocycles. The van der Waals surface area contributed by atoms with Crippen LogP contribution in [-0.2, 0) is 4.79 Å². The molecule has 1 N–H and O–H groups in total. The number of anilines is 1. The highest BCUT2D eigenvalue weighted by molar-refractivity contribution is 5.94. The van der Waals surface area contributed by atoms with Crippen LogP contribution in [0.15, 0.2) is 18.5 Å². The van der Waals surface area contributed by atoms with Crippen LogP contribution in [0.5, 0.6) is 0 Å². The predicted molar refractivity (Wildman–Crippen MR) is 43.9 cm³/mol. The van der Waals surface area contributed by atoms with E-state index in [4.69, 9.17) is 0 Å². The number of hydrogen-bond acceptors (Lipinski definition) is 3. The second-order valence-corrected chi connectivity index (χ2v) is 2.26. The summed E-state index contributed by atoms with van der Waals surface area (Å²) in [5.74, 6) is -0.204. The number of pyridine rings is 1. The van der Waals surface area contributed by atoms with Gasteiger partial charge in [0.25, 0.3) is 0 Å². The normalized spacial score (nSPS) is 9.08. The number of carbonyl (C=O) groups excluding carboxylic acids is 2. The van der Waals surface area contributed by atoms with Crippen LogP contribution in [0.25, 0.3) is 0 Å². The summed E-state index contributed by atoms with van der Waals surface area (Å²) in [4.78, 5) is 24.8. The average Bonchev–Trinajstić information content (AvgIpc) is 2.04. The molecule has 62 valence electrons. The fourth-order valence-corrected chi connectivity index (χ4v) is 0.804. The molecule has 0 spiro atoms. The predicted octanol–water partition coefficient (Wildman–Crippen LogP) is 0.852. The zero-order chi connectivity index (χ0) is 8.97. The molecule has 0 radical (unpaired) electrons. The van der Waals surface area contributed by atoms with Crippen molar-refractivity contribution in [2.24, 2.45) is 0 Å². The number of nitrogens with zero attached hydrogens (tertiary/aromatic N) is 1. The summed E-state index contributed by atoms with van der Waals surface area (Å²) in [5, 5.41) is 2.51. The third-order valence-corrected chi connectivity index (χ3v) is 1.29. The molecule has 12 heavy (non-hydrogen) atoms. The minimum Gasteiger partial charge on any atom is -0.326 e. The first-order valence-electron chi connectivity index (χ1n) is 3.41. The van der Waals surface area contributed by atoms with E-state index < -0.39 is 0 Å². The van der Waals surface area contributed by atoms with E-state index >= 15 is 0 Å². The highest BCUT2D eigenvalue weighted by Gasteiger charge is 2.00. The Balaban J connectivity index is 2.96.